The van der Waals surface area contributed by atoms with Crippen LogP contribution in [0.1, 0.15) is 15.9 Å². The molecule has 2 aromatic carbocycles. The molecule has 1 amide bonds. The highest BCUT2D eigenvalue weighted by Crippen LogP contribution is 2.27. The number of nitrogens with one attached hydrogen (secondary N) is 1. The number of rotatable bonds is 4. The SMILES string of the molecule is O=C(C=Cc1cccc(O)c1)Nc1c(O)cccc1C(=O)O. The Kier molecular flexibility index (Phi) is 4.43. The first-order valence-corrected chi connectivity index (χ1v) is 6.31. The molecule has 6 heteroatoms. The second-order valence-electron chi connectivity index (χ2n) is 4.42. The van der Waals surface area contributed by atoms with Crippen molar-refractivity contribution in [1.82, 2.24) is 0 Å². The van der Waals surface area contributed by atoms with Gasteiger partial charge in [0.2, 0.25) is 5.91 Å². The van der Waals surface area contributed by atoms with Crippen LogP contribution in [0.3, 0.4) is 0 Å². The highest BCUT2D eigenvalue weighted by atomic mass is 16.4. The van der Waals surface area contributed by atoms with E-state index in [4.69, 9.17) is 5.11 Å². The molecule has 0 aliphatic carbocycles. The number of carboxylic acids is 1. The van der Waals surface area contributed by atoms with E-state index in [0.717, 1.165) is 0 Å². The number of phenolic OH excluding ortho intramolecular Hbond substituents is 2. The molecule has 22 heavy (non-hydrogen) atoms. The maximum Gasteiger partial charge on any atom is 0.337 e. The number of benzene rings is 2. The van der Waals surface area contributed by atoms with E-state index < -0.39 is 11.9 Å². The Morgan fingerprint density at radius 3 is 2.45 bits per heavy atom. The van der Waals surface area contributed by atoms with Gasteiger partial charge < -0.3 is 20.6 Å². The van der Waals surface area contributed by atoms with E-state index in [1.165, 1.54) is 42.5 Å². The number of anilines is 1. The van der Waals surface area contributed by atoms with Gasteiger partial charge in [0, 0.05) is 6.08 Å². The van der Waals surface area contributed by atoms with Gasteiger partial charge in [0.05, 0.1) is 11.3 Å². The molecular formula is C16H13NO5. The lowest BCUT2D eigenvalue weighted by molar-refractivity contribution is -0.111. The summed E-state index contributed by atoms with van der Waals surface area (Å²) in [7, 11) is 0. The van der Waals surface area contributed by atoms with Gasteiger partial charge in [0.1, 0.15) is 11.5 Å². The summed E-state index contributed by atoms with van der Waals surface area (Å²) < 4.78 is 0. The predicted molar refractivity (Wildman–Crippen MR) is 80.8 cm³/mol. The third kappa shape index (κ3) is 3.63. The Labute approximate surface area is 126 Å². The van der Waals surface area contributed by atoms with Gasteiger partial charge in [-0.1, -0.05) is 18.2 Å². The zero-order valence-corrected chi connectivity index (χ0v) is 11.4. The number of para-hydroxylation sites is 1. The van der Waals surface area contributed by atoms with Crippen LogP contribution in [-0.4, -0.2) is 27.2 Å². The fourth-order valence-electron chi connectivity index (χ4n) is 1.81. The van der Waals surface area contributed by atoms with Gasteiger partial charge in [0.15, 0.2) is 0 Å². The minimum atomic E-state index is -1.26. The van der Waals surface area contributed by atoms with Crippen molar-refractivity contribution in [1.29, 1.82) is 0 Å². The van der Waals surface area contributed by atoms with Crippen LogP contribution in [0.5, 0.6) is 11.5 Å². The smallest absolute Gasteiger partial charge is 0.337 e. The van der Waals surface area contributed by atoms with Crippen molar-refractivity contribution in [2.45, 2.75) is 0 Å². The minimum absolute atomic E-state index is 0.0661. The second-order valence-corrected chi connectivity index (χ2v) is 4.42. The van der Waals surface area contributed by atoms with Gasteiger partial charge in [-0.15, -0.1) is 0 Å². The molecule has 0 heterocycles. The summed E-state index contributed by atoms with van der Waals surface area (Å²) in [5.41, 5.74) is 0.227. The molecule has 0 fully saturated rings. The molecule has 0 saturated carbocycles. The van der Waals surface area contributed by atoms with Gasteiger partial charge in [-0.2, -0.15) is 0 Å². The molecular weight excluding hydrogens is 286 g/mol. The molecule has 0 spiro atoms. The molecule has 112 valence electrons. The molecule has 0 bridgehead atoms. The molecule has 0 aromatic heterocycles. The van der Waals surface area contributed by atoms with E-state index in [2.05, 4.69) is 5.32 Å². The van der Waals surface area contributed by atoms with Crippen LogP contribution >= 0.6 is 0 Å². The minimum Gasteiger partial charge on any atom is -0.508 e. The van der Waals surface area contributed by atoms with Crippen molar-refractivity contribution in [3.8, 4) is 11.5 Å². The van der Waals surface area contributed by atoms with Crippen molar-refractivity contribution < 1.29 is 24.9 Å². The molecule has 0 aliphatic heterocycles. The zero-order chi connectivity index (χ0) is 16.1. The summed E-state index contributed by atoms with van der Waals surface area (Å²) in [6, 6.07) is 10.2. The number of aromatic hydroxyl groups is 2. The van der Waals surface area contributed by atoms with E-state index in [-0.39, 0.29) is 22.7 Å². The molecule has 0 atom stereocenters. The van der Waals surface area contributed by atoms with Crippen LogP contribution in [0.4, 0.5) is 5.69 Å². The number of hydrogen-bond donors (Lipinski definition) is 4. The number of carboxylic acid groups (broad SMARTS) is 1. The lowest BCUT2D eigenvalue weighted by Gasteiger charge is -2.08. The maximum absolute atomic E-state index is 11.8. The largest absolute Gasteiger partial charge is 0.508 e. The van der Waals surface area contributed by atoms with E-state index in [0.29, 0.717) is 5.56 Å². The molecule has 0 unspecified atom stereocenters. The third-order valence-electron chi connectivity index (χ3n) is 2.82. The van der Waals surface area contributed by atoms with Crippen molar-refractivity contribution in [2.24, 2.45) is 0 Å². The monoisotopic (exact) mass is 299 g/mol. The quantitative estimate of drug-likeness (QED) is 0.512. The molecule has 6 nitrogen and oxygen atoms in total. The van der Waals surface area contributed by atoms with Crippen molar-refractivity contribution in [3.05, 3.63) is 59.7 Å². The lowest BCUT2D eigenvalue weighted by Crippen LogP contribution is -2.12. The Morgan fingerprint density at radius 2 is 1.77 bits per heavy atom. The molecule has 0 radical (unpaired) electrons. The first-order chi connectivity index (χ1) is 10.5. The van der Waals surface area contributed by atoms with Crippen LogP contribution in [-0.2, 0) is 4.79 Å². The maximum atomic E-state index is 11.8. The van der Waals surface area contributed by atoms with E-state index in [1.807, 2.05) is 0 Å². The molecule has 2 rings (SSSR count). The lowest BCUT2D eigenvalue weighted by atomic mass is 10.1. The molecule has 2 aromatic rings. The topological polar surface area (TPSA) is 107 Å². The third-order valence-corrected chi connectivity index (χ3v) is 2.82. The molecule has 0 aliphatic rings. The number of aromatic carboxylic acids is 1. The van der Waals surface area contributed by atoms with E-state index in [9.17, 15) is 19.8 Å². The normalized spacial score (nSPS) is 10.5. The Balaban J connectivity index is 2.18. The van der Waals surface area contributed by atoms with Gasteiger partial charge in [-0.3, -0.25) is 4.79 Å². The summed E-state index contributed by atoms with van der Waals surface area (Å²) in [5.74, 6) is -2.13. The van der Waals surface area contributed by atoms with Gasteiger partial charge in [-0.05, 0) is 35.9 Å². The van der Waals surface area contributed by atoms with Gasteiger partial charge in [0.25, 0.3) is 0 Å². The number of phenols is 2. The predicted octanol–water partition coefficient (Wildman–Crippen LogP) is 2.45. The first-order valence-electron chi connectivity index (χ1n) is 6.31. The first kappa shape index (κ1) is 15.1. The fraction of sp³-hybridized carbons (Fsp3) is 0. The van der Waals surface area contributed by atoms with Gasteiger partial charge >= 0.3 is 5.97 Å². The highest BCUT2D eigenvalue weighted by Gasteiger charge is 2.14. The van der Waals surface area contributed by atoms with Crippen LogP contribution in [0.15, 0.2) is 48.5 Å². The highest BCUT2D eigenvalue weighted by molar-refractivity contribution is 6.07. The summed E-state index contributed by atoms with van der Waals surface area (Å²) in [6.07, 6.45) is 2.63. The van der Waals surface area contributed by atoms with Crippen molar-refractivity contribution in [3.63, 3.8) is 0 Å². The Morgan fingerprint density at radius 1 is 1.05 bits per heavy atom. The average Bonchev–Trinajstić information content (AvgIpc) is 2.47. The van der Waals surface area contributed by atoms with Crippen LogP contribution < -0.4 is 5.32 Å². The number of carbonyl (C=O) groups excluding carboxylic acids is 1. The average molecular weight is 299 g/mol. The molecule has 4 N–H and O–H groups in total. The molecule has 0 saturated heterocycles. The van der Waals surface area contributed by atoms with Crippen LogP contribution in [0.2, 0.25) is 0 Å². The Bertz CT molecular complexity index is 752. The van der Waals surface area contributed by atoms with Crippen molar-refractivity contribution >= 4 is 23.6 Å². The number of hydrogen-bond acceptors (Lipinski definition) is 4. The van der Waals surface area contributed by atoms with Crippen LogP contribution in [0, 0.1) is 0 Å². The van der Waals surface area contributed by atoms with Crippen LogP contribution in [0.25, 0.3) is 6.08 Å². The van der Waals surface area contributed by atoms with Crippen molar-refractivity contribution in [2.75, 3.05) is 5.32 Å². The zero-order valence-electron chi connectivity index (χ0n) is 11.4. The summed E-state index contributed by atoms with van der Waals surface area (Å²) in [5, 5.41) is 30.3. The number of amides is 1. The van der Waals surface area contributed by atoms with E-state index in [1.54, 1.807) is 12.1 Å². The summed E-state index contributed by atoms with van der Waals surface area (Å²) in [6.45, 7) is 0. The number of carbonyl (C=O) groups is 2. The fourth-order valence-corrected chi connectivity index (χ4v) is 1.81. The Hall–Kier alpha value is -3.28. The van der Waals surface area contributed by atoms with E-state index >= 15 is 0 Å². The second kappa shape index (κ2) is 6.45. The summed E-state index contributed by atoms with van der Waals surface area (Å²) >= 11 is 0. The standard InChI is InChI=1S/C16H13NO5/c18-11-4-1-3-10(9-11)7-8-14(20)17-15-12(16(21)22)5-2-6-13(15)19/h1-9,18-19H,(H,17,20)(H,21,22). The summed E-state index contributed by atoms with van der Waals surface area (Å²) in [4.78, 5) is 22.9. The van der Waals surface area contributed by atoms with Gasteiger partial charge in [-0.25, -0.2) is 4.79 Å².